The molecule has 0 aromatic carbocycles. The molecule has 1 aliphatic heterocycles. The van der Waals surface area contributed by atoms with E-state index in [1.165, 1.54) is 25.8 Å². The minimum Gasteiger partial charge on any atom is -0.376 e. The maximum atomic E-state index is 5.67. The van der Waals surface area contributed by atoms with Crippen molar-refractivity contribution in [3.05, 3.63) is 0 Å². The van der Waals surface area contributed by atoms with Crippen LogP contribution in [0.3, 0.4) is 0 Å². The lowest BCUT2D eigenvalue weighted by atomic mass is 9.88. The highest BCUT2D eigenvalue weighted by molar-refractivity contribution is 4.70. The third-order valence-corrected chi connectivity index (χ3v) is 3.85. The summed E-state index contributed by atoms with van der Waals surface area (Å²) in [6.07, 6.45) is 4.21. The average molecular weight is 242 g/mol. The maximum absolute atomic E-state index is 5.67. The van der Waals surface area contributed by atoms with Gasteiger partial charge >= 0.3 is 0 Å². The van der Waals surface area contributed by atoms with Crippen molar-refractivity contribution in [3.8, 4) is 0 Å². The number of nitrogens with two attached hydrogens (primary N) is 1. The smallest absolute Gasteiger partial charge is 0.0674 e. The Hall–Kier alpha value is -0.120. The molecule has 17 heavy (non-hydrogen) atoms. The zero-order valence-electron chi connectivity index (χ0n) is 11.8. The van der Waals surface area contributed by atoms with Crippen molar-refractivity contribution in [1.82, 2.24) is 4.90 Å². The monoisotopic (exact) mass is 242 g/mol. The van der Waals surface area contributed by atoms with E-state index in [2.05, 4.69) is 25.7 Å². The van der Waals surface area contributed by atoms with Crippen molar-refractivity contribution < 1.29 is 4.74 Å². The Morgan fingerprint density at radius 1 is 1.35 bits per heavy atom. The van der Waals surface area contributed by atoms with Crippen LogP contribution in [0.25, 0.3) is 0 Å². The van der Waals surface area contributed by atoms with Gasteiger partial charge in [-0.25, -0.2) is 0 Å². The normalized spacial score (nSPS) is 24.2. The fraction of sp³-hybridized carbons (Fsp3) is 1.00. The van der Waals surface area contributed by atoms with Gasteiger partial charge in [0.05, 0.1) is 12.7 Å². The number of morpholine rings is 1. The summed E-state index contributed by atoms with van der Waals surface area (Å²) in [5.41, 5.74) is 5.67. The first kappa shape index (κ1) is 14.9. The molecule has 0 aromatic heterocycles. The van der Waals surface area contributed by atoms with Gasteiger partial charge in [0.2, 0.25) is 0 Å². The van der Waals surface area contributed by atoms with Gasteiger partial charge in [0.25, 0.3) is 0 Å². The van der Waals surface area contributed by atoms with Crippen LogP contribution in [0.5, 0.6) is 0 Å². The predicted molar refractivity (Wildman–Crippen MR) is 73.1 cm³/mol. The molecule has 1 aliphatic rings. The third-order valence-electron chi connectivity index (χ3n) is 3.85. The maximum Gasteiger partial charge on any atom is 0.0674 e. The molecule has 2 unspecified atom stereocenters. The Morgan fingerprint density at radius 2 is 2.12 bits per heavy atom. The largest absolute Gasteiger partial charge is 0.376 e. The molecule has 3 heteroatoms. The molecular weight excluding hydrogens is 212 g/mol. The van der Waals surface area contributed by atoms with E-state index in [1.807, 2.05) is 0 Å². The van der Waals surface area contributed by atoms with Crippen molar-refractivity contribution in [2.75, 3.05) is 32.8 Å². The highest BCUT2D eigenvalue weighted by Crippen LogP contribution is 2.20. The van der Waals surface area contributed by atoms with Crippen LogP contribution in [0, 0.1) is 11.8 Å². The van der Waals surface area contributed by atoms with Crippen LogP contribution < -0.4 is 5.73 Å². The van der Waals surface area contributed by atoms with Gasteiger partial charge in [-0.2, -0.15) is 0 Å². The Bertz CT molecular complexity index is 197. The first-order valence-electron chi connectivity index (χ1n) is 7.17. The van der Waals surface area contributed by atoms with Gasteiger partial charge in [-0.05, 0) is 51.1 Å². The molecule has 3 nitrogen and oxygen atoms in total. The van der Waals surface area contributed by atoms with Crippen molar-refractivity contribution >= 4 is 0 Å². The molecule has 0 amide bonds. The summed E-state index contributed by atoms with van der Waals surface area (Å²) < 4.78 is 5.55. The van der Waals surface area contributed by atoms with Crippen LogP contribution in [0.4, 0.5) is 0 Å². The number of ether oxygens (including phenoxy) is 1. The molecular formula is C14H30N2O. The minimum atomic E-state index is 0.411. The Kier molecular flexibility index (Phi) is 7.09. The van der Waals surface area contributed by atoms with Crippen molar-refractivity contribution in [2.45, 2.75) is 46.1 Å². The molecule has 1 fully saturated rings. The zero-order chi connectivity index (χ0) is 12.7. The van der Waals surface area contributed by atoms with Crippen molar-refractivity contribution in [1.29, 1.82) is 0 Å². The summed E-state index contributed by atoms with van der Waals surface area (Å²) in [4.78, 5) is 2.54. The van der Waals surface area contributed by atoms with Crippen LogP contribution >= 0.6 is 0 Å². The van der Waals surface area contributed by atoms with Crippen LogP contribution in [0.2, 0.25) is 0 Å². The Morgan fingerprint density at radius 3 is 2.71 bits per heavy atom. The Balaban J connectivity index is 2.16. The molecule has 1 saturated heterocycles. The van der Waals surface area contributed by atoms with E-state index >= 15 is 0 Å². The summed E-state index contributed by atoms with van der Waals surface area (Å²) in [6.45, 7) is 12.0. The van der Waals surface area contributed by atoms with E-state index in [9.17, 15) is 0 Å². The number of rotatable bonds is 7. The molecule has 1 rings (SSSR count). The van der Waals surface area contributed by atoms with Crippen LogP contribution in [-0.4, -0.2) is 43.8 Å². The molecule has 1 heterocycles. The van der Waals surface area contributed by atoms with Gasteiger partial charge < -0.3 is 10.5 Å². The summed E-state index contributed by atoms with van der Waals surface area (Å²) in [7, 11) is 0. The molecule has 0 aromatic rings. The topological polar surface area (TPSA) is 38.5 Å². The fourth-order valence-corrected chi connectivity index (χ4v) is 2.70. The molecule has 0 radical (unpaired) electrons. The summed E-state index contributed by atoms with van der Waals surface area (Å²) in [5.74, 6) is 1.57. The molecule has 102 valence electrons. The number of hydrogen-bond acceptors (Lipinski definition) is 3. The van der Waals surface area contributed by atoms with E-state index in [1.54, 1.807) is 0 Å². The number of hydrogen-bond donors (Lipinski definition) is 1. The average Bonchev–Trinajstić information content (AvgIpc) is 2.28. The first-order chi connectivity index (χ1) is 8.13. The van der Waals surface area contributed by atoms with Crippen molar-refractivity contribution in [2.24, 2.45) is 17.6 Å². The van der Waals surface area contributed by atoms with E-state index in [0.29, 0.717) is 6.10 Å². The third kappa shape index (κ3) is 5.84. The van der Waals surface area contributed by atoms with E-state index in [0.717, 1.165) is 38.1 Å². The lowest BCUT2D eigenvalue weighted by Gasteiger charge is -2.31. The molecule has 2 N–H and O–H groups in total. The summed E-state index contributed by atoms with van der Waals surface area (Å²) in [6, 6.07) is 0. The first-order valence-corrected chi connectivity index (χ1v) is 7.17. The molecule has 2 atom stereocenters. The highest BCUT2D eigenvalue weighted by atomic mass is 16.5. The zero-order valence-corrected chi connectivity index (χ0v) is 11.8. The molecule has 0 bridgehead atoms. The van der Waals surface area contributed by atoms with Crippen LogP contribution in [0.1, 0.15) is 40.0 Å². The number of nitrogens with zero attached hydrogens (tertiary/aromatic N) is 1. The predicted octanol–water partition coefficient (Wildman–Crippen LogP) is 2.11. The van der Waals surface area contributed by atoms with Crippen LogP contribution in [-0.2, 0) is 4.74 Å². The quantitative estimate of drug-likeness (QED) is 0.743. The van der Waals surface area contributed by atoms with E-state index in [4.69, 9.17) is 10.5 Å². The minimum absolute atomic E-state index is 0.411. The van der Waals surface area contributed by atoms with Gasteiger partial charge in [0.1, 0.15) is 0 Å². The summed E-state index contributed by atoms with van der Waals surface area (Å²) >= 11 is 0. The van der Waals surface area contributed by atoms with E-state index in [-0.39, 0.29) is 0 Å². The second-order valence-corrected chi connectivity index (χ2v) is 5.71. The Labute approximate surface area is 107 Å². The van der Waals surface area contributed by atoms with E-state index < -0.39 is 0 Å². The van der Waals surface area contributed by atoms with Crippen LogP contribution in [0.15, 0.2) is 0 Å². The summed E-state index contributed by atoms with van der Waals surface area (Å²) in [5, 5.41) is 0. The molecule has 0 saturated carbocycles. The fourth-order valence-electron chi connectivity index (χ4n) is 2.70. The second kappa shape index (κ2) is 8.06. The lowest BCUT2D eigenvalue weighted by molar-refractivity contribution is -0.0190. The molecule has 0 aliphatic carbocycles. The SMILES string of the molecule is CC1CN(CCCC(CCN)C(C)C)CCO1. The van der Waals surface area contributed by atoms with Gasteiger partial charge in [0.15, 0.2) is 0 Å². The second-order valence-electron chi connectivity index (χ2n) is 5.71. The van der Waals surface area contributed by atoms with Gasteiger partial charge in [-0.1, -0.05) is 13.8 Å². The standard InChI is InChI=1S/C14H30N2O/c1-12(2)14(6-7-15)5-4-8-16-9-10-17-13(3)11-16/h12-14H,4-11,15H2,1-3H3. The van der Waals surface area contributed by atoms with Crippen molar-refractivity contribution in [3.63, 3.8) is 0 Å². The molecule has 0 spiro atoms. The van der Waals surface area contributed by atoms with Gasteiger partial charge in [-0.15, -0.1) is 0 Å². The van der Waals surface area contributed by atoms with Gasteiger partial charge in [0, 0.05) is 13.1 Å². The van der Waals surface area contributed by atoms with Gasteiger partial charge in [-0.3, -0.25) is 4.90 Å². The highest BCUT2D eigenvalue weighted by Gasteiger charge is 2.17. The lowest BCUT2D eigenvalue weighted by Crippen LogP contribution is -2.41.